The lowest BCUT2D eigenvalue weighted by Gasteiger charge is -2.38. The molecule has 2 heterocycles. The summed E-state index contributed by atoms with van der Waals surface area (Å²) in [5, 5.41) is 3.11. The summed E-state index contributed by atoms with van der Waals surface area (Å²) >= 11 is 0. The van der Waals surface area contributed by atoms with Crippen molar-refractivity contribution in [3.05, 3.63) is 65.5 Å². The van der Waals surface area contributed by atoms with Crippen molar-refractivity contribution >= 4 is 5.91 Å². The third kappa shape index (κ3) is 3.83. The molecule has 0 bridgehead atoms. The lowest BCUT2D eigenvalue weighted by Crippen LogP contribution is -2.47. The number of amides is 1. The lowest BCUT2D eigenvalue weighted by molar-refractivity contribution is -0.126. The summed E-state index contributed by atoms with van der Waals surface area (Å²) in [6.45, 7) is 2.11. The normalized spacial score (nSPS) is 21.0. The van der Waals surface area contributed by atoms with Crippen LogP contribution in [0.15, 0.2) is 48.5 Å². The first-order chi connectivity index (χ1) is 13.2. The molecule has 27 heavy (non-hydrogen) atoms. The Hall–Kier alpha value is -2.40. The maximum Gasteiger partial charge on any atom is 0.226 e. The van der Waals surface area contributed by atoms with Crippen molar-refractivity contribution in [1.82, 2.24) is 5.32 Å². The quantitative estimate of drug-likeness (QED) is 0.900. The van der Waals surface area contributed by atoms with Gasteiger partial charge in [-0.2, -0.15) is 0 Å². The Balaban J connectivity index is 1.46. The van der Waals surface area contributed by atoms with E-state index in [2.05, 4.69) is 5.32 Å². The van der Waals surface area contributed by atoms with Crippen molar-refractivity contribution in [3.8, 4) is 5.75 Å². The van der Waals surface area contributed by atoms with Crippen LogP contribution >= 0.6 is 0 Å². The van der Waals surface area contributed by atoms with Gasteiger partial charge in [0.05, 0.1) is 5.92 Å². The maximum atomic E-state index is 13.8. The van der Waals surface area contributed by atoms with Crippen LogP contribution in [0.5, 0.6) is 5.75 Å². The van der Waals surface area contributed by atoms with Crippen LogP contribution < -0.4 is 10.1 Å². The number of para-hydroxylation sites is 1. The molecule has 0 aliphatic carbocycles. The Bertz CT molecular complexity index is 817. The van der Waals surface area contributed by atoms with E-state index < -0.39 is 0 Å². The van der Waals surface area contributed by atoms with Gasteiger partial charge < -0.3 is 14.8 Å². The van der Waals surface area contributed by atoms with Gasteiger partial charge in [-0.25, -0.2) is 4.39 Å². The first-order valence-corrected chi connectivity index (χ1v) is 9.48. The van der Waals surface area contributed by atoms with E-state index in [-0.39, 0.29) is 23.1 Å². The van der Waals surface area contributed by atoms with Gasteiger partial charge in [-0.3, -0.25) is 4.79 Å². The van der Waals surface area contributed by atoms with E-state index >= 15 is 0 Å². The maximum absolute atomic E-state index is 13.8. The van der Waals surface area contributed by atoms with Crippen LogP contribution in [-0.4, -0.2) is 32.3 Å². The van der Waals surface area contributed by atoms with E-state index in [0.717, 1.165) is 29.7 Å². The molecule has 1 N–H and O–H groups in total. The summed E-state index contributed by atoms with van der Waals surface area (Å²) in [6.07, 6.45) is 2.21. The molecule has 2 aliphatic heterocycles. The first kappa shape index (κ1) is 18.0. The molecule has 142 valence electrons. The van der Waals surface area contributed by atoms with Crippen LogP contribution in [0.2, 0.25) is 0 Å². The van der Waals surface area contributed by atoms with Crippen LogP contribution in [0.3, 0.4) is 0 Å². The topological polar surface area (TPSA) is 47.6 Å². The number of hydrogen-bond donors (Lipinski definition) is 1. The van der Waals surface area contributed by atoms with E-state index in [4.69, 9.17) is 9.47 Å². The molecule has 0 radical (unpaired) electrons. The smallest absolute Gasteiger partial charge is 0.226 e. The first-order valence-electron chi connectivity index (χ1n) is 9.48. The standard InChI is InChI=1S/C22H24FNO3/c23-19-6-3-5-18(13-19)22(8-10-26-11-9-22)15-24-21(25)17-12-16-4-1-2-7-20(16)27-14-17/h1-7,13,17H,8-12,14-15H2,(H,24,25)/t17-/m0/s1. The number of nitrogens with one attached hydrogen (secondary N) is 1. The van der Waals surface area contributed by atoms with Gasteiger partial charge in [0, 0.05) is 25.2 Å². The van der Waals surface area contributed by atoms with Crippen molar-refractivity contribution in [2.45, 2.75) is 24.7 Å². The average Bonchev–Trinajstić information content (AvgIpc) is 2.72. The summed E-state index contributed by atoms with van der Waals surface area (Å²) in [4.78, 5) is 12.8. The predicted octanol–water partition coefficient (Wildman–Crippen LogP) is 3.24. The molecule has 1 saturated heterocycles. The van der Waals surface area contributed by atoms with Gasteiger partial charge in [0.15, 0.2) is 0 Å². The highest BCUT2D eigenvalue weighted by Crippen LogP contribution is 2.35. The van der Waals surface area contributed by atoms with Crippen LogP contribution in [-0.2, 0) is 21.4 Å². The van der Waals surface area contributed by atoms with E-state index in [1.165, 1.54) is 6.07 Å². The van der Waals surface area contributed by atoms with E-state index in [0.29, 0.717) is 32.8 Å². The van der Waals surface area contributed by atoms with Gasteiger partial charge in [0.25, 0.3) is 0 Å². The fraction of sp³-hybridized carbons (Fsp3) is 0.409. The Morgan fingerprint density at radius 1 is 1.15 bits per heavy atom. The summed E-state index contributed by atoms with van der Waals surface area (Å²) < 4.78 is 25.0. The van der Waals surface area contributed by atoms with Gasteiger partial charge in [-0.15, -0.1) is 0 Å². The average molecular weight is 369 g/mol. The highest BCUT2D eigenvalue weighted by atomic mass is 19.1. The second-order valence-electron chi connectivity index (χ2n) is 7.44. The predicted molar refractivity (Wildman–Crippen MR) is 100 cm³/mol. The second-order valence-corrected chi connectivity index (χ2v) is 7.44. The van der Waals surface area contributed by atoms with E-state index in [1.807, 2.05) is 30.3 Å². The zero-order chi connectivity index (χ0) is 18.7. The molecule has 2 aromatic carbocycles. The van der Waals surface area contributed by atoms with Crippen molar-refractivity contribution in [2.75, 3.05) is 26.4 Å². The second kappa shape index (κ2) is 7.69. The number of ether oxygens (including phenoxy) is 2. The van der Waals surface area contributed by atoms with Gasteiger partial charge in [-0.05, 0) is 48.6 Å². The lowest BCUT2D eigenvalue weighted by atomic mass is 9.74. The molecule has 1 amide bonds. The minimum atomic E-state index is -0.288. The molecule has 2 aromatic rings. The van der Waals surface area contributed by atoms with Crippen LogP contribution in [0.4, 0.5) is 4.39 Å². The van der Waals surface area contributed by atoms with Gasteiger partial charge in [-0.1, -0.05) is 30.3 Å². The summed E-state index contributed by atoms with van der Waals surface area (Å²) in [5.74, 6) is 0.403. The minimum absolute atomic E-state index is 0.00762. The molecule has 1 atom stereocenters. The minimum Gasteiger partial charge on any atom is -0.492 e. The molecular weight excluding hydrogens is 345 g/mol. The highest BCUT2D eigenvalue weighted by molar-refractivity contribution is 5.79. The zero-order valence-corrected chi connectivity index (χ0v) is 15.2. The molecule has 0 saturated carbocycles. The Labute approximate surface area is 158 Å². The molecule has 5 heteroatoms. The summed E-state index contributed by atoms with van der Waals surface area (Å²) in [5.41, 5.74) is 1.70. The molecule has 0 aromatic heterocycles. The van der Waals surface area contributed by atoms with Crippen LogP contribution in [0, 0.1) is 11.7 Å². The van der Waals surface area contributed by atoms with Crippen molar-refractivity contribution in [3.63, 3.8) is 0 Å². The number of rotatable bonds is 4. The molecule has 4 nitrogen and oxygen atoms in total. The number of fused-ring (bicyclic) bond motifs is 1. The molecule has 4 rings (SSSR count). The summed E-state index contributed by atoms with van der Waals surface area (Å²) in [7, 11) is 0. The van der Waals surface area contributed by atoms with E-state index in [1.54, 1.807) is 12.1 Å². The zero-order valence-electron chi connectivity index (χ0n) is 15.2. The van der Waals surface area contributed by atoms with Gasteiger partial charge >= 0.3 is 0 Å². The Morgan fingerprint density at radius 2 is 1.96 bits per heavy atom. The molecule has 1 fully saturated rings. The van der Waals surface area contributed by atoms with E-state index in [9.17, 15) is 9.18 Å². The molecule has 0 unspecified atom stereocenters. The Morgan fingerprint density at radius 3 is 2.78 bits per heavy atom. The number of hydrogen-bond acceptors (Lipinski definition) is 3. The number of benzene rings is 2. The Kier molecular flexibility index (Phi) is 5.12. The van der Waals surface area contributed by atoms with Crippen molar-refractivity contribution in [2.24, 2.45) is 5.92 Å². The molecule has 0 spiro atoms. The fourth-order valence-corrected chi connectivity index (χ4v) is 4.05. The monoisotopic (exact) mass is 369 g/mol. The van der Waals surface area contributed by atoms with Crippen LogP contribution in [0.25, 0.3) is 0 Å². The third-order valence-corrected chi connectivity index (χ3v) is 5.74. The van der Waals surface area contributed by atoms with Gasteiger partial charge in [0.1, 0.15) is 18.2 Å². The number of carbonyl (C=O) groups excluding carboxylic acids is 1. The van der Waals surface area contributed by atoms with Gasteiger partial charge in [0.2, 0.25) is 5.91 Å². The fourth-order valence-electron chi connectivity index (χ4n) is 4.05. The third-order valence-electron chi connectivity index (χ3n) is 5.74. The van der Waals surface area contributed by atoms with Crippen molar-refractivity contribution < 1.29 is 18.7 Å². The van der Waals surface area contributed by atoms with Crippen molar-refractivity contribution in [1.29, 1.82) is 0 Å². The largest absolute Gasteiger partial charge is 0.492 e. The number of halogens is 1. The summed E-state index contributed by atoms with van der Waals surface area (Å²) in [6, 6.07) is 14.5. The number of carbonyl (C=O) groups is 1. The molecular formula is C22H24FNO3. The SMILES string of the molecule is O=C(NCC1(c2cccc(F)c2)CCOCC1)[C@@H]1COc2ccccc2C1. The molecule has 2 aliphatic rings. The van der Waals surface area contributed by atoms with Crippen LogP contribution in [0.1, 0.15) is 24.0 Å². The highest BCUT2D eigenvalue weighted by Gasteiger charge is 2.36.